The van der Waals surface area contributed by atoms with Crippen LogP contribution in [0.3, 0.4) is 0 Å². The maximum absolute atomic E-state index is 9.87. The Morgan fingerprint density at radius 2 is 1.79 bits per heavy atom. The van der Waals surface area contributed by atoms with Gasteiger partial charge >= 0.3 is 0 Å². The zero-order valence-electron chi connectivity index (χ0n) is 13.0. The third-order valence-corrected chi connectivity index (χ3v) is 5.46. The number of rotatable bonds is 1. The highest BCUT2D eigenvalue weighted by Crippen LogP contribution is 2.54. The van der Waals surface area contributed by atoms with E-state index in [2.05, 4.69) is 24.3 Å². The second kappa shape index (κ2) is 6.12. The first-order valence-electron chi connectivity index (χ1n) is 7.89. The van der Waals surface area contributed by atoms with Crippen molar-refractivity contribution in [3.05, 3.63) is 46.5 Å². The zero-order valence-corrected chi connectivity index (χ0v) is 13.8. The predicted octanol–water partition coefficient (Wildman–Crippen LogP) is 2.54. The lowest BCUT2D eigenvalue weighted by Crippen LogP contribution is -2.60. The van der Waals surface area contributed by atoms with Crippen LogP contribution >= 0.6 is 11.6 Å². The van der Waals surface area contributed by atoms with Gasteiger partial charge in [-0.3, -0.25) is 5.41 Å². The summed E-state index contributed by atoms with van der Waals surface area (Å²) < 4.78 is 0. The highest BCUT2D eigenvalue weighted by molar-refractivity contribution is 6.30. The van der Waals surface area contributed by atoms with Crippen LogP contribution in [-0.2, 0) is 0 Å². The van der Waals surface area contributed by atoms with Gasteiger partial charge in [0.2, 0.25) is 11.1 Å². The van der Waals surface area contributed by atoms with E-state index < -0.39 is 11.3 Å². The van der Waals surface area contributed by atoms with Gasteiger partial charge in [0.1, 0.15) is 5.92 Å². The summed E-state index contributed by atoms with van der Waals surface area (Å²) in [6.07, 6.45) is 4.78. The summed E-state index contributed by atoms with van der Waals surface area (Å²) in [7, 11) is 0. The number of benzene rings is 1. The van der Waals surface area contributed by atoms with Crippen LogP contribution in [0.2, 0.25) is 5.02 Å². The van der Waals surface area contributed by atoms with Crippen LogP contribution in [0.1, 0.15) is 30.7 Å². The number of nitriles is 3. The molecule has 2 aliphatic carbocycles. The fourth-order valence-corrected chi connectivity index (χ4v) is 4.22. The van der Waals surface area contributed by atoms with Crippen LogP contribution in [0.5, 0.6) is 0 Å². The standard InChI is InChI=1S/C19H15ClN4/c20-13-7-5-12(6-8-13)17-15-4-2-1-3-14(15)16(9-21)18(24)19(17,10-22)11-23/h3,5-8,15-17,24H,1-2,4H2/p+1/t15-,16+,17+/m1/s1. The van der Waals surface area contributed by atoms with Crippen molar-refractivity contribution in [3.63, 3.8) is 0 Å². The second-order valence-corrected chi connectivity index (χ2v) is 6.76. The highest BCUT2D eigenvalue weighted by atomic mass is 35.5. The molecule has 0 radical (unpaired) electrons. The van der Waals surface area contributed by atoms with Crippen LogP contribution in [-0.4, -0.2) is 5.71 Å². The summed E-state index contributed by atoms with van der Waals surface area (Å²) in [5.41, 5.74) is 0.467. The van der Waals surface area contributed by atoms with Crippen molar-refractivity contribution >= 4 is 17.3 Å². The average molecular weight is 336 g/mol. The molecule has 0 bridgehead atoms. The SMILES string of the molecule is N#C[C@@H]1C(=[NH2+])C(C#N)(C#N)[C@@H](c2ccc(Cl)cc2)[C@@H]2CCCC=C12. The lowest BCUT2D eigenvalue weighted by Gasteiger charge is -2.43. The number of fused-ring (bicyclic) bond motifs is 1. The molecule has 2 N–H and O–H groups in total. The minimum absolute atomic E-state index is 0.0313. The van der Waals surface area contributed by atoms with Crippen molar-refractivity contribution in [2.24, 2.45) is 17.3 Å². The van der Waals surface area contributed by atoms with E-state index in [1.807, 2.05) is 12.1 Å². The molecule has 0 aromatic heterocycles. The normalized spacial score (nSPS) is 27.8. The lowest BCUT2D eigenvalue weighted by atomic mass is 9.53. The Morgan fingerprint density at radius 1 is 1.12 bits per heavy atom. The van der Waals surface area contributed by atoms with Gasteiger partial charge in [0.15, 0.2) is 0 Å². The van der Waals surface area contributed by atoms with Gasteiger partial charge in [0.05, 0.1) is 18.2 Å². The summed E-state index contributed by atoms with van der Waals surface area (Å²) in [5.74, 6) is -1.09. The largest absolute Gasteiger partial charge is 0.258 e. The molecule has 0 spiro atoms. The molecule has 24 heavy (non-hydrogen) atoms. The number of nitrogens with two attached hydrogens (primary N) is 1. The molecule has 0 saturated heterocycles. The van der Waals surface area contributed by atoms with Gasteiger partial charge in [-0.1, -0.05) is 29.8 Å². The molecule has 3 rings (SSSR count). The molecule has 1 saturated carbocycles. The average Bonchev–Trinajstić information content (AvgIpc) is 2.62. The summed E-state index contributed by atoms with van der Waals surface area (Å²) in [6.45, 7) is 0. The van der Waals surface area contributed by atoms with Gasteiger partial charge < -0.3 is 0 Å². The Morgan fingerprint density at radius 3 is 2.38 bits per heavy atom. The van der Waals surface area contributed by atoms with Gasteiger partial charge in [-0.15, -0.1) is 0 Å². The van der Waals surface area contributed by atoms with Gasteiger partial charge in [0.25, 0.3) is 0 Å². The van der Waals surface area contributed by atoms with Crippen molar-refractivity contribution in [1.82, 2.24) is 0 Å². The Kier molecular flexibility index (Phi) is 4.15. The molecule has 5 heteroatoms. The van der Waals surface area contributed by atoms with Crippen LogP contribution in [0, 0.1) is 51.2 Å². The van der Waals surface area contributed by atoms with Crippen LogP contribution < -0.4 is 5.41 Å². The van der Waals surface area contributed by atoms with E-state index in [9.17, 15) is 15.8 Å². The molecule has 0 aliphatic heterocycles. The molecule has 1 aromatic carbocycles. The number of nitrogens with zero attached hydrogens (tertiary/aromatic N) is 3. The number of halogens is 1. The van der Waals surface area contributed by atoms with E-state index >= 15 is 0 Å². The van der Waals surface area contributed by atoms with Gasteiger partial charge in [-0.25, -0.2) is 0 Å². The lowest BCUT2D eigenvalue weighted by molar-refractivity contribution is -0.128. The number of allylic oxidation sites excluding steroid dienone is 2. The van der Waals surface area contributed by atoms with Crippen molar-refractivity contribution in [2.45, 2.75) is 25.2 Å². The first-order chi connectivity index (χ1) is 11.6. The summed E-state index contributed by atoms with van der Waals surface area (Å²) >= 11 is 5.99. The van der Waals surface area contributed by atoms with Crippen LogP contribution in [0.25, 0.3) is 0 Å². The van der Waals surface area contributed by atoms with E-state index in [-0.39, 0.29) is 17.5 Å². The molecular formula is C19H16ClN4+. The molecular weight excluding hydrogens is 320 g/mol. The molecule has 0 amide bonds. The second-order valence-electron chi connectivity index (χ2n) is 6.32. The van der Waals surface area contributed by atoms with Crippen molar-refractivity contribution < 1.29 is 5.41 Å². The van der Waals surface area contributed by atoms with Gasteiger partial charge in [-0.2, -0.15) is 15.8 Å². The molecule has 3 atom stereocenters. The van der Waals surface area contributed by atoms with E-state index in [1.165, 1.54) is 0 Å². The van der Waals surface area contributed by atoms with Crippen LogP contribution in [0.4, 0.5) is 0 Å². The third kappa shape index (κ3) is 2.22. The van der Waals surface area contributed by atoms with Crippen molar-refractivity contribution in [1.29, 1.82) is 15.8 Å². The number of hydrogen-bond donors (Lipinski definition) is 1. The Hall–Kier alpha value is -2.61. The summed E-state index contributed by atoms with van der Waals surface area (Å²) in [4.78, 5) is 0. The van der Waals surface area contributed by atoms with E-state index in [1.54, 1.807) is 12.1 Å². The first-order valence-corrected chi connectivity index (χ1v) is 8.27. The highest BCUT2D eigenvalue weighted by Gasteiger charge is 2.60. The molecule has 4 nitrogen and oxygen atoms in total. The minimum Gasteiger partial charge on any atom is -0.258 e. The quantitative estimate of drug-likeness (QED) is 0.798. The predicted molar refractivity (Wildman–Crippen MR) is 89.3 cm³/mol. The Balaban J connectivity index is 2.24. The summed E-state index contributed by atoms with van der Waals surface area (Å²) in [5, 5.41) is 36.2. The van der Waals surface area contributed by atoms with Gasteiger partial charge in [-0.05, 0) is 48.4 Å². The fourth-order valence-electron chi connectivity index (χ4n) is 4.09. The fraction of sp³-hybridized carbons (Fsp3) is 0.368. The van der Waals surface area contributed by atoms with Crippen molar-refractivity contribution in [2.75, 3.05) is 0 Å². The third-order valence-electron chi connectivity index (χ3n) is 5.21. The molecule has 1 fully saturated rings. The Labute approximate surface area is 146 Å². The van der Waals surface area contributed by atoms with Crippen molar-refractivity contribution in [3.8, 4) is 18.2 Å². The monoisotopic (exact) mass is 335 g/mol. The number of hydrogen-bond acceptors (Lipinski definition) is 3. The smallest absolute Gasteiger partial charge is 0.230 e. The maximum atomic E-state index is 9.87. The zero-order chi connectivity index (χ0) is 17.3. The molecule has 0 unspecified atom stereocenters. The van der Waals surface area contributed by atoms with Gasteiger partial charge in [0, 0.05) is 10.9 Å². The van der Waals surface area contributed by atoms with Crippen LogP contribution in [0.15, 0.2) is 35.9 Å². The van der Waals surface area contributed by atoms with E-state index in [0.29, 0.717) is 5.02 Å². The molecule has 0 heterocycles. The topological polar surface area (TPSA) is 97.0 Å². The first kappa shape index (κ1) is 16.3. The molecule has 1 aromatic rings. The minimum atomic E-state index is -1.51. The van der Waals surface area contributed by atoms with E-state index in [0.717, 1.165) is 30.4 Å². The van der Waals surface area contributed by atoms with E-state index in [4.69, 9.17) is 17.0 Å². The molecule has 118 valence electrons. The maximum Gasteiger partial charge on any atom is 0.230 e. The molecule has 2 aliphatic rings. The Bertz CT molecular complexity index is 818. The summed E-state index contributed by atoms with van der Waals surface area (Å²) in [6, 6.07) is 13.7.